The van der Waals surface area contributed by atoms with Crippen LogP contribution in [0.5, 0.6) is 5.75 Å². The molecule has 5 rings (SSSR count). The first kappa shape index (κ1) is 21.6. The molecule has 2 aliphatic rings. The van der Waals surface area contributed by atoms with Crippen LogP contribution in [0.15, 0.2) is 42.5 Å². The van der Waals surface area contributed by atoms with Crippen molar-refractivity contribution in [3.8, 4) is 17.1 Å². The number of ether oxygens (including phenoxy) is 2. The number of halogens is 1. The Balaban J connectivity index is 1.28. The van der Waals surface area contributed by atoms with E-state index in [-0.39, 0.29) is 17.8 Å². The lowest BCUT2D eigenvalue weighted by molar-refractivity contribution is 0.0679. The van der Waals surface area contributed by atoms with Gasteiger partial charge in [-0.3, -0.25) is 4.79 Å². The SMILES string of the molecule is O=C(Nc1ccc(F)c(-c2nnc3n2CCCCC3)c1)c1ccc(OCC2CCCO2)cc1. The molecule has 1 unspecified atom stereocenters. The number of aromatic nitrogens is 3. The number of nitrogens with zero attached hydrogens (tertiary/aromatic N) is 3. The molecule has 172 valence electrons. The minimum atomic E-state index is -0.389. The smallest absolute Gasteiger partial charge is 0.255 e. The van der Waals surface area contributed by atoms with Crippen LogP contribution in [0.25, 0.3) is 11.4 Å². The molecule has 0 spiro atoms. The molecule has 0 aliphatic carbocycles. The number of carbonyl (C=O) groups excluding carboxylic acids is 1. The summed E-state index contributed by atoms with van der Waals surface area (Å²) < 4.78 is 28.0. The Morgan fingerprint density at radius 2 is 2.00 bits per heavy atom. The Labute approximate surface area is 191 Å². The minimum Gasteiger partial charge on any atom is -0.491 e. The molecule has 2 aromatic carbocycles. The number of rotatable bonds is 6. The molecule has 1 fully saturated rings. The summed E-state index contributed by atoms with van der Waals surface area (Å²) >= 11 is 0. The van der Waals surface area contributed by atoms with Crippen LogP contribution in [-0.4, -0.2) is 40.0 Å². The highest BCUT2D eigenvalue weighted by atomic mass is 19.1. The zero-order valence-corrected chi connectivity index (χ0v) is 18.4. The van der Waals surface area contributed by atoms with Crippen LogP contribution < -0.4 is 10.1 Å². The van der Waals surface area contributed by atoms with Crippen molar-refractivity contribution < 1.29 is 18.7 Å². The average molecular weight is 451 g/mol. The van der Waals surface area contributed by atoms with E-state index in [1.807, 2.05) is 4.57 Å². The van der Waals surface area contributed by atoms with Gasteiger partial charge in [-0.05, 0) is 68.1 Å². The number of benzene rings is 2. The molecular weight excluding hydrogens is 423 g/mol. The molecule has 3 aromatic rings. The van der Waals surface area contributed by atoms with Crippen LogP contribution in [-0.2, 0) is 17.7 Å². The summed E-state index contributed by atoms with van der Waals surface area (Å²) in [5.41, 5.74) is 1.33. The predicted octanol–water partition coefficient (Wildman–Crippen LogP) is 4.62. The molecule has 1 saturated heterocycles. The highest BCUT2D eigenvalue weighted by Crippen LogP contribution is 2.28. The first-order valence-electron chi connectivity index (χ1n) is 11.6. The monoisotopic (exact) mass is 450 g/mol. The molecule has 1 aromatic heterocycles. The van der Waals surface area contributed by atoms with Crippen LogP contribution in [0.4, 0.5) is 10.1 Å². The number of carbonyl (C=O) groups is 1. The van der Waals surface area contributed by atoms with Crippen molar-refractivity contribution in [1.29, 1.82) is 0 Å². The van der Waals surface area contributed by atoms with Crippen molar-refractivity contribution >= 4 is 11.6 Å². The standard InChI is InChI=1S/C25H27FN4O3/c26-22-12-9-18(15-21(22)24-29-28-23-6-2-1-3-13-30(23)24)27-25(31)17-7-10-19(11-8-17)33-16-20-5-4-14-32-20/h7-12,15,20H,1-6,13-14,16H2,(H,27,31). The highest BCUT2D eigenvalue weighted by molar-refractivity contribution is 6.04. The lowest BCUT2D eigenvalue weighted by atomic mass is 10.1. The van der Waals surface area contributed by atoms with Gasteiger partial charge in [0.2, 0.25) is 0 Å². The number of amides is 1. The Kier molecular flexibility index (Phi) is 6.35. The van der Waals surface area contributed by atoms with Crippen LogP contribution in [0.1, 0.15) is 48.3 Å². The van der Waals surface area contributed by atoms with Crippen molar-refractivity contribution in [3.05, 3.63) is 59.7 Å². The van der Waals surface area contributed by atoms with E-state index in [1.165, 1.54) is 6.07 Å². The van der Waals surface area contributed by atoms with E-state index in [0.29, 0.717) is 35.0 Å². The van der Waals surface area contributed by atoms with Gasteiger partial charge in [0.15, 0.2) is 5.82 Å². The first-order chi connectivity index (χ1) is 16.2. The maximum Gasteiger partial charge on any atom is 0.255 e. The lowest BCUT2D eigenvalue weighted by Gasteiger charge is -2.12. The van der Waals surface area contributed by atoms with Gasteiger partial charge in [-0.1, -0.05) is 6.42 Å². The van der Waals surface area contributed by atoms with Gasteiger partial charge < -0.3 is 19.4 Å². The van der Waals surface area contributed by atoms with Gasteiger partial charge in [-0.15, -0.1) is 10.2 Å². The predicted molar refractivity (Wildman–Crippen MR) is 122 cm³/mol. The van der Waals surface area contributed by atoms with E-state index in [4.69, 9.17) is 9.47 Å². The zero-order valence-electron chi connectivity index (χ0n) is 18.4. The summed E-state index contributed by atoms with van der Waals surface area (Å²) in [7, 11) is 0. The fraction of sp³-hybridized carbons (Fsp3) is 0.400. The fourth-order valence-corrected chi connectivity index (χ4v) is 4.33. The first-order valence-corrected chi connectivity index (χ1v) is 11.6. The van der Waals surface area contributed by atoms with Gasteiger partial charge >= 0.3 is 0 Å². The molecule has 1 amide bonds. The van der Waals surface area contributed by atoms with Crippen molar-refractivity contribution in [3.63, 3.8) is 0 Å². The molecule has 3 heterocycles. The van der Waals surface area contributed by atoms with Crippen molar-refractivity contribution in [2.75, 3.05) is 18.5 Å². The third-order valence-electron chi connectivity index (χ3n) is 6.15. The quantitative estimate of drug-likeness (QED) is 0.593. The zero-order chi connectivity index (χ0) is 22.6. The number of hydrogen-bond donors (Lipinski definition) is 1. The normalized spacial score (nSPS) is 17.9. The summed E-state index contributed by atoms with van der Waals surface area (Å²) in [5.74, 6) is 1.42. The summed E-state index contributed by atoms with van der Waals surface area (Å²) in [6.45, 7) is 2.07. The summed E-state index contributed by atoms with van der Waals surface area (Å²) in [5, 5.41) is 11.4. The second-order valence-electron chi connectivity index (χ2n) is 8.52. The molecule has 7 nitrogen and oxygen atoms in total. The number of fused-ring (bicyclic) bond motifs is 1. The van der Waals surface area contributed by atoms with Crippen LogP contribution in [0.3, 0.4) is 0 Å². The Bertz CT molecular complexity index is 1120. The Morgan fingerprint density at radius 3 is 2.82 bits per heavy atom. The number of hydrogen-bond acceptors (Lipinski definition) is 5. The topological polar surface area (TPSA) is 78.3 Å². The van der Waals surface area contributed by atoms with E-state index in [1.54, 1.807) is 36.4 Å². The number of nitrogens with one attached hydrogen (secondary N) is 1. The van der Waals surface area contributed by atoms with Crippen molar-refractivity contribution in [2.45, 2.75) is 51.2 Å². The molecule has 33 heavy (non-hydrogen) atoms. The fourth-order valence-electron chi connectivity index (χ4n) is 4.33. The Morgan fingerprint density at radius 1 is 1.12 bits per heavy atom. The number of aryl methyl sites for hydroxylation is 1. The summed E-state index contributed by atoms with van der Waals surface area (Å²) in [6, 6.07) is 11.5. The van der Waals surface area contributed by atoms with E-state index in [2.05, 4.69) is 15.5 Å². The number of anilines is 1. The van der Waals surface area contributed by atoms with Crippen molar-refractivity contribution in [1.82, 2.24) is 14.8 Å². The second-order valence-corrected chi connectivity index (χ2v) is 8.52. The van der Waals surface area contributed by atoms with Gasteiger partial charge in [0.05, 0.1) is 11.7 Å². The third kappa shape index (κ3) is 4.90. The van der Waals surface area contributed by atoms with Gasteiger partial charge in [0.25, 0.3) is 5.91 Å². The van der Waals surface area contributed by atoms with E-state index in [9.17, 15) is 9.18 Å². The van der Waals surface area contributed by atoms with E-state index in [0.717, 1.165) is 57.5 Å². The highest BCUT2D eigenvalue weighted by Gasteiger charge is 2.20. The molecule has 2 aliphatic heterocycles. The Hall–Kier alpha value is -3.26. The molecule has 0 bridgehead atoms. The maximum absolute atomic E-state index is 14.7. The molecule has 1 N–H and O–H groups in total. The minimum absolute atomic E-state index is 0.140. The molecule has 0 saturated carbocycles. The maximum atomic E-state index is 14.7. The largest absolute Gasteiger partial charge is 0.491 e. The van der Waals surface area contributed by atoms with Crippen molar-refractivity contribution in [2.24, 2.45) is 0 Å². The lowest BCUT2D eigenvalue weighted by Crippen LogP contribution is -2.16. The third-order valence-corrected chi connectivity index (χ3v) is 6.15. The van der Waals surface area contributed by atoms with Gasteiger partial charge in [0, 0.05) is 30.8 Å². The second kappa shape index (κ2) is 9.70. The summed E-state index contributed by atoms with van der Waals surface area (Å²) in [6.07, 6.45) is 6.27. The average Bonchev–Trinajstić information content (AvgIpc) is 3.44. The molecule has 0 radical (unpaired) electrons. The van der Waals surface area contributed by atoms with Crippen LogP contribution in [0.2, 0.25) is 0 Å². The van der Waals surface area contributed by atoms with E-state index < -0.39 is 0 Å². The summed E-state index contributed by atoms with van der Waals surface area (Å²) in [4.78, 5) is 12.8. The van der Waals surface area contributed by atoms with Gasteiger partial charge in [-0.25, -0.2) is 4.39 Å². The molecule has 1 atom stereocenters. The molecule has 8 heteroatoms. The van der Waals surface area contributed by atoms with Crippen LogP contribution >= 0.6 is 0 Å². The van der Waals surface area contributed by atoms with Gasteiger partial charge in [0.1, 0.15) is 24.0 Å². The van der Waals surface area contributed by atoms with Crippen LogP contribution in [0, 0.1) is 5.82 Å². The van der Waals surface area contributed by atoms with E-state index >= 15 is 0 Å². The van der Waals surface area contributed by atoms with Gasteiger partial charge in [-0.2, -0.15) is 0 Å². The molecular formula is C25H27FN4O3.